The molecular formula is C16H16F3N. The van der Waals surface area contributed by atoms with Gasteiger partial charge >= 0.3 is 6.18 Å². The zero-order valence-corrected chi connectivity index (χ0v) is 11.1. The van der Waals surface area contributed by atoms with Crippen molar-refractivity contribution in [3.05, 3.63) is 71.3 Å². The quantitative estimate of drug-likeness (QED) is 0.889. The number of halogens is 3. The van der Waals surface area contributed by atoms with Crippen LogP contribution in [0.4, 0.5) is 13.2 Å². The molecule has 0 bridgehead atoms. The Kier molecular flexibility index (Phi) is 3.86. The fraction of sp³-hybridized carbons (Fsp3) is 0.250. The Labute approximate surface area is 116 Å². The highest BCUT2D eigenvalue weighted by molar-refractivity contribution is 5.39. The van der Waals surface area contributed by atoms with E-state index in [2.05, 4.69) is 0 Å². The monoisotopic (exact) mass is 279 g/mol. The molecule has 2 aromatic carbocycles. The van der Waals surface area contributed by atoms with Gasteiger partial charge in [-0.15, -0.1) is 0 Å². The SMILES string of the molecule is CC[C@@](N)(c1ccccc1)c1ccc(C(F)(F)F)cc1. The first-order chi connectivity index (χ1) is 9.38. The van der Waals surface area contributed by atoms with E-state index in [-0.39, 0.29) is 0 Å². The van der Waals surface area contributed by atoms with Crippen molar-refractivity contribution >= 4 is 0 Å². The Morgan fingerprint density at radius 2 is 1.25 bits per heavy atom. The molecule has 0 unspecified atom stereocenters. The topological polar surface area (TPSA) is 26.0 Å². The average molecular weight is 279 g/mol. The van der Waals surface area contributed by atoms with Gasteiger partial charge in [-0.1, -0.05) is 49.4 Å². The van der Waals surface area contributed by atoms with E-state index in [4.69, 9.17) is 5.73 Å². The Morgan fingerprint density at radius 3 is 1.70 bits per heavy atom. The Morgan fingerprint density at radius 1 is 0.800 bits per heavy atom. The molecule has 0 aliphatic rings. The van der Waals surface area contributed by atoms with Gasteiger partial charge in [0.1, 0.15) is 0 Å². The second-order valence-electron chi connectivity index (χ2n) is 4.77. The van der Waals surface area contributed by atoms with Gasteiger partial charge in [0.15, 0.2) is 0 Å². The molecule has 2 aromatic rings. The van der Waals surface area contributed by atoms with Crippen molar-refractivity contribution in [2.24, 2.45) is 5.73 Å². The molecule has 2 N–H and O–H groups in total. The van der Waals surface area contributed by atoms with Crippen LogP contribution >= 0.6 is 0 Å². The van der Waals surface area contributed by atoms with Crippen molar-refractivity contribution in [1.29, 1.82) is 0 Å². The third-order valence-electron chi connectivity index (χ3n) is 3.57. The first kappa shape index (κ1) is 14.6. The summed E-state index contributed by atoms with van der Waals surface area (Å²) in [5.41, 5.74) is 6.56. The zero-order chi connectivity index (χ0) is 14.8. The third kappa shape index (κ3) is 2.70. The summed E-state index contributed by atoms with van der Waals surface area (Å²) < 4.78 is 37.8. The summed E-state index contributed by atoms with van der Waals surface area (Å²) in [7, 11) is 0. The predicted molar refractivity (Wildman–Crippen MR) is 73.1 cm³/mol. The minimum absolute atomic E-state index is 0.600. The van der Waals surface area contributed by atoms with Gasteiger partial charge in [-0.25, -0.2) is 0 Å². The second-order valence-corrected chi connectivity index (χ2v) is 4.77. The smallest absolute Gasteiger partial charge is 0.318 e. The summed E-state index contributed by atoms with van der Waals surface area (Å²) in [5, 5.41) is 0. The van der Waals surface area contributed by atoms with Crippen molar-refractivity contribution in [3.63, 3.8) is 0 Å². The summed E-state index contributed by atoms with van der Waals surface area (Å²) >= 11 is 0. The number of benzene rings is 2. The van der Waals surface area contributed by atoms with Crippen LogP contribution in [0.5, 0.6) is 0 Å². The van der Waals surface area contributed by atoms with E-state index in [1.807, 2.05) is 37.3 Å². The normalized spacial score (nSPS) is 14.8. The maximum atomic E-state index is 12.6. The van der Waals surface area contributed by atoms with Gasteiger partial charge in [0.25, 0.3) is 0 Å². The minimum Gasteiger partial charge on any atom is -0.318 e. The van der Waals surface area contributed by atoms with Crippen LogP contribution in [0.2, 0.25) is 0 Å². The molecule has 1 nitrogen and oxygen atoms in total. The first-order valence-corrected chi connectivity index (χ1v) is 6.40. The molecular weight excluding hydrogens is 263 g/mol. The van der Waals surface area contributed by atoms with Gasteiger partial charge in [0.2, 0.25) is 0 Å². The lowest BCUT2D eigenvalue weighted by Crippen LogP contribution is -2.37. The molecule has 4 heteroatoms. The van der Waals surface area contributed by atoms with Crippen LogP contribution in [0.1, 0.15) is 30.0 Å². The van der Waals surface area contributed by atoms with Crippen molar-refractivity contribution in [1.82, 2.24) is 0 Å². The second kappa shape index (κ2) is 5.29. The molecule has 0 aliphatic heterocycles. The van der Waals surface area contributed by atoms with Gasteiger partial charge in [0.05, 0.1) is 11.1 Å². The number of rotatable bonds is 3. The van der Waals surface area contributed by atoms with Gasteiger partial charge in [-0.3, -0.25) is 0 Å². The van der Waals surface area contributed by atoms with Crippen LogP contribution in [0.25, 0.3) is 0 Å². The van der Waals surface area contributed by atoms with Crippen LogP contribution < -0.4 is 5.73 Å². The van der Waals surface area contributed by atoms with E-state index >= 15 is 0 Å². The molecule has 0 radical (unpaired) electrons. The molecule has 0 heterocycles. The molecule has 0 aromatic heterocycles. The Hall–Kier alpha value is -1.81. The van der Waals surface area contributed by atoms with Gasteiger partial charge in [0, 0.05) is 0 Å². The van der Waals surface area contributed by atoms with Gasteiger partial charge < -0.3 is 5.73 Å². The standard InChI is InChI=1S/C16H16F3N/c1-2-15(20,12-6-4-3-5-7-12)13-8-10-14(11-9-13)16(17,18)19/h3-11H,2,20H2,1H3/t15-/m1/s1. The highest BCUT2D eigenvalue weighted by atomic mass is 19.4. The van der Waals surface area contributed by atoms with Gasteiger partial charge in [-0.2, -0.15) is 13.2 Å². The number of hydrogen-bond donors (Lipinski definition) is 1. The highest BCUT2D eigenvalue weighted by Gasteiger charge is 2.32. The van der Waals surface area contributed by atoms with Crippen molar-refractivity contribution < 1.29 is 13.2 Å². The Bertz CT molecular complexity index is 561. The van der Waals surface area contributed by atoms with E-state index < -0.39 is 17.3 Å². The van der Waals surface area contributed by atoms with Crippen LogP contribution in [0, 0.1) is 0 Å². The first-order valence-electron chi connectivity index (χ1n) is 6.40. The maximum absolute atomic E-state index is 12.6. The summed E-state index contributed by atoms with van der Waals surface area (Å²) in [6.07, 6.45) is -3.73. The lowest BCUT2D eigenvalue weighted by Gasteiger charge is -2.29. The fourth-order valence-corrected chi connectivity index (χ4v) is 2.27. The van der Waals surface area contributed by atoms with E-state index in [1.54, 1.807) is 0 Å². The molecule has 106 valence electrons. The molecule has 2 rings (SSSR count). The Balaban J connectivity index is 2.43. The minimum atomic E-state index is -4.32. The van der Waals surface area contributed by atoms with Crippen molar-refractivity contribution in [2.75, 3.05) is 0 Å². The molecule has 20 heavy (non-hydrogen) atoms. The summed E-state index contributed by atoms with van der Waals surface area (Å²) in [5.74, 6) is 0. The van der Waals surface area contributed by atoms with E-state index in [0.29, 0.717) is 12.0 Å². The predicted octanol–water partition coefficient (Wildman–Crippen LogP) is 4.32. The molecule has 1 atom stereocenters. The largest absolute Gasteiger partial charge is 0.416 e. The summed E-state index contributed by atoms with van der Waals surface area (Å²) in [6, 6.07) is 14.5. The van der Waals surface area contributed by atoms with Gasteiger partial charge in [-0.05, 0) is 29.7 Å². The lowest BCUT2D eigenvalue weighted by molar-refractivity contribution is -0.137. The zero-order valence-electron chi connectivity index (χ0n) is 11.1. The number of nitrogens with two attached hydrogens (primary N) is 1. The van der Waals surface area contributed by atoms with Crippen LogP contribution in [0.15, 0.2) is 54.6 Å². The van der Waals surface area contributed by atoms with Crippen molar-refractivity contribution in [2.45, 2.75) is 25.1 Å². The molecule has 0 spiro atoms. The molecule has 0 saturated heterocycles. The number of hydrogen-bond acceptors (Lipinski definition) is 1. The molecule has 0 amide bonds. The van der Waals surface area contributed by atoms with Crippen LogP contribution in [-0.4, -0.2) is 0 Å². The highest BCUT2D eigenvalue weighted by Crippen LogP contribution is 2.33. The van der Waals surface area contributed by atoms with E-state index in [0.717, 1.165) is 17.7 Å². The van der Waals surface area contributed by atoms with E-state index in [9.17, 15) is 13.2 Å². The lowest BCUT2D eigenvalue weighted by atomic mass is 9.81. The third-order valence-corrected chi connectivity index (χ3v) is 3.57. The molecule has 0 fully saturated rings. The molecule has 0 aliphatic carbocycles. The maximum Gasteiger partial charge on any atom is 0.416 e. The summed E-state index contributed by atoms with van der Waals surface area (Å²) in [4.78, 5) is 0. The number of alkyl halides is 3. The molecule has 0 saturated carbocycles. The average Bonchev–Trinajstić information content (AvgIpc) is 2.46. The van der Waals surface area contributed by atoms with Crippen LogP contribution in [-0.2, 0) is 11.7 Å². The summed E-state index contributed by atoms with van der Waals surface area (Å²) in [6.45, 7) is 1.92. The van der Waals surface area contributed by atoms with Crippen molar-refractivity contribution in [3.8, 4) is 0 Å². The van der Waals surface area contributed by atoms with Crippen LogP contribution in [0.3, 0.4) is 0 Å². The van der Waals surface area contributed by atoms with E-state index in [1.165, 1.54) is 12.1 Å². The fourth-order valence-electron chi connectivity index (χ4n) is 2.27.